The number of ether oxygens (including phenoxy) is 1. The molecule has 1 fully saturated rings. The smallest absolute Gasteiger partial charge is 0.305 e. The number of carboxylic acid groups (broad SMARTS) is 1. The Morgan fingerprint density at radius 2 is 1.67 bits per heavy atom. The number of anilines is 1. The van der Waals surface area contributed by atoms with Gasteiger partial charge >= 0.3 is 5.97 Å². The number of aliphatic carboxylic acids is 1. The van der Waals surface area contributed by atoms with E-state index < -0.39 is 40.4 Å². The lowest BCUT2D eigenvalue weighted by Crippen LogP contribution is -2.51. The second kappa shape index (κ2) is 13.3. The van der Waals surface area contributed by atoms with Crippen molar-refractivity contribution in [3.05, 3.63) is 52.6 Å². The maximum atomic E-state index is 14.4. The van der Waals surface area contributed by atoms with Gasteiger partial charge in [-0.25, -0.2) is 8.42 Å². The van der Waals surface area contributed by atoms with Gasteiger partial charge in [-0.1, -0.05) is 0 Å². The van der Waals surface area contributed by atoms with Gasteiger partial charge in [0.15, 0.2) is 0 Å². The van der Waals surface area contributed by atoms with Crippen molar-refractivity contribution in [1.82, 2.24) is 4.90 Å². The van der Waals surface area contributed by atoms with Crippen molar-refractivity contribution in [1.29, 1.82) is 0 Å². The fourth-order valence-electron chi connectivity index (χ4n) is 5.10. The first-order chi connectivity index (χ1) is 19.7. The second-order valence-electron chi connectivity index (χ2n) is 10.4. The van der Waals surface area contributed by atoms with Crippen LogP contribution in [0.15, 0.2) is 40.2 Å². The summed E-state index contributed by atoms with van der Waals surface area (Å²) in [4.78, 5) is 42.2. The largest absolute Gasteiger partial charge is 0.496 e. The fourth-order valence-corrected chi connectivity index (χ4v) is 7.21. The van der Waals surface area contributed by atoms with E-state index >= 15 is 0 Å². The van der Waals surface area contributed by atoms with Crippen molar-refractivity contribution in [3.63, 3.8) is 0 Å². The summed E-state index contributed by atoms with van der Waals surface area (Å²) in [7, 11) is -2.76. The van der Waals surface area contributed by atoms with E-state index in [1.807, 2.05) is 0 Å². The monoisotopic (exact) mass is 601 g/mol. The number of likely N-dealkylation sites (tertiary alicyclic amines) is 1. The zero-order valence-electron chi connectivity index (χ0n) is 24.6. The van der Waals surface area contributed by atoms with Crippen molar-refractivity contribution in [2.24, 2.45) is 16.5 Å². The second-order valence-corrected chi connectivity index (χ2v) is 12.2. The molecule has 12 nitrogen and oxygen atoms in total. The molecule has 2 aromatic carbocycles. The fraction of sp³-hybridized carbons (Fsp3) is 0.448. The van der Waals surface area contributed by atoms with Crippen molar-refractivity contribution in [2.75, 3.05) is 24.5 Å². The number of amides is 2. The van der Waals surface area contributed by atoms with E-state index in [1.54, 1.807) is 38.7 Å². The molecule has 0 radical (unpaired) electrons. The van der Waals surface area contributed by atoms with Crippen LogP contribution < -0.4 is 20.5 Å². The van der Waals surface area contributed by atoms with E-state index in [9.17, 15) is 22.8 Å². The molecule has 1 aliphatic heterocycles. The summed E-state index contributed by atoms with van der Waals surface area (Å²) in [5, 5.41) is 8.86. The highest BCUT2D eigenvalue weighted by Gasteiger charge is 2.38. The van der Waals surface area contributed by atoms with Gasteiger partial charge in [0.1, 0.15) is 17.6 Å². The predicted octanol–water partition coefficient (Wildman–Crippen LogP) is 2.25. The van der Waals surface area contributed by atoms with Crippen molar-refractivity contribution >= 4 is 39.3 Å². The Hall–Kier alpha value is -3.97. The number of carboxylic acids is 1. The molecule has 0 aliphatic carbocycles. The molecule has 0 spiro atoms. The number of methoxy groups -OCH3 is 1. The molecule has 1 aliphatic rings. The van der Waals surface area contributed by atoms with E-state index in [2.05, 4.69) is 4.99 Å². The van der Waals surface area contributed by atoms with E-state index in [-0.39, 0.29) is 27.9 Å². The number of carbonyl (C=O) groups excluding carboxylic acids is 2. The minimum atomic E-state index is -4.28. The van der Waals surface area contributed by atoms with Gasteiger partial charge in [-0.2, -0.15) is 4.99 Å². The summed E-state index contributed by atoms with van der Waals surface area (Å²) in [6, 6.07) is 5.16. The number of aryl methyl sites for hydroxylation is 1. The number of piperidine rings is 1. The van der Waals surface area contributed by atoms with Crippen LogP contribution in [0.25, 0.3) is 0 Å². The van der Waals surface area contributed by atoms with Gasteiger partial charge in [-0.3, -0.25) is 18.7 Å². The van der Waals surface area contributed by atoms with Gasteiger partial charge in [-0.15, -0.1) is 0 Å². The third-order valence-corrected chi connectivity index (χ3v) is 9.64. The maximum absolute atomic E-state index is 14.4. The highest BCUT2D eigenvalue weighted by molar-refractivity contribution is 7.93. The van der Waals surface area contributed by atoms with Gasteiger partial charge in [-0.05, 0) is 94.0 Å². The molecule has 0 bridgehead atoms. The predicted molar refractivity (Wildman–Crippen MR) is 159 cm³/mol. The van der Waals surface area contributed by atoms with Gasteiger partial charge in [0.2, 0.25) is 5.91 Å². The molecular weight excluding hydrogens is 562 g/mol. The normalized spacial score (nSPS) is 15.6. The van der Waals surface area contributed by atoms with Crippen LogP contribution in [0, 0.1) is 20.8 Å². The molecule has 1 saturated heterocycles. The van der Waals surface area contributed by atoms with Crippen LogP contribution in [0.1, 0.15) is 54.9 Å². The van der Waals surface area contributed by atoms with E-state index in [0.717, 1.165) is 23.6 Å². The van der Waals surface area contributed by atoms with Crippen molar-refractivity contribution in [2.45, 2.75) is 70.4 Å². The summed E-state index contributed by atoms with van der Waals surface area (Å²) in [5.74, 6) is -2.10. The standard InChI is InChI=1S/C29H39N5O7S/c1-17-15-24(41-5)18(2)19(3)26(17)42(39,40)34(20(4)29(38)33-13-7-6-8-14-33)22-11-9-21(10-12-22)27(31)32-28(37)23(30)16-25(35)36/h9-12,15,20,23H,6-8,13-14,16,30H2,1-5H3,(H,35,36)(H2,31,32,37)/t20-,23-/m0/s1. The molecule has 5 N–H and O–H groups in total. The first kappa shape index (κ1) is 32.5. The van der Waals surface area contributed by atoms with Crippen LogP contribution in [0.5, 0.6) is 5.75 Å². The number of amidine groups is 1. The van der Waals surface area contributed by atoms with Crippen LogP contribution >= 0.6 is 0 Å². The Balaban J connectivity index is 2.09. The van der Waals surface area contributed by atoms with Crippen LogP contribution in [-0.4, -0.2) is 74.3 Å². The highest BCUT2D eigenvalue weighted by atomic mass is 32.2. The topological polar surface area (TPSA) is 186 Å². The molecule has 13 heteroatoms. The lowest BCUT2D eigenvalue weighted by molar-refractivity contribution is -0.139. The minimum absolute atomic E-state index is 0.0854. The number of nitrogens with zero attached hydrogens (tertiary/aromatic N) is 3. The Morgan fingerprint density at radius 1 is 1.07 bits per heavy atom. The number of rotatable bonds is 10. The quantitative estimate of drug-likeness (QED) is 0.271. The average molecular weight is 602 g/mol. The number of nitrogens with two attached hydrogens (primary N) is 2. The molecule has 1 heterocycles. The summed E-state index contributed by atoms with van der Waals surface area (Å²) in [6.07, 6.45) is 2.11. The third-order valence-electron chi connectivity index (χ3n) is 7.45. The van der Waals surface area contributed by atoms with E-state index in [4.69, 9.17) is 21.3 Å². The average Bonchev–Trinajstić information content (AvgIpc) is 2.94. The molecule has 0 aromatic heterocycles. The minimum Gasteiger partial charge on any atom is -0.496 e. The lowest BCUT2D eigenvalue weighted by atomic mass is 10.1. The number of carbonyl (C=O) groups is 3. The summed E-state index contributed by atoms with van der Waals surface area (Å²) < 4.78 is 35.4. The van der Waals surface area contributed by atoms with Gasteiger partial charge < -0.3 is 26.2 Å². The SMILES string of the molecule is COc1cc(C)c(S(=O)(=O)N(c2ccc(C(N)=NC(=O)[C@@H](N)CC(=O)O)cc2)[C@@H](C)C(=O)N2CCCCC2)c(C)c1C. The van der Waals surface area contributed by atoms with E-state index in [1.165, 1.54) is 31.4 Å². The zero-order valence-corrected chi connectivity index (χ0v) is 25.4. The number of hydrogen-bond donors (Lipinski definition) is 3. The summed E-state index contributed by atoms with van der Waals surface area (Å²) in [6.45, 7) is 7.85. The molecule has 42 heavy (non-hydrogen) atoms. The highest BCUT2D eigenvalue weighted by Crippen LogP contribution is 2.35. The summed E-state index contributed by atoms with van der Waals surface area (Å²) in [5.41, 5.74) is 13.7. The number of benzene rings is 2. The molecule has 228 valence electrons. The molecule has 2 atom stereocenters. The molecule has 3 rings (SSSR count). The molecule has 2 aromatic rings. The third kappa shape index (κ3) is 6.90. The van der Waals surface area contributed by atoms with Crippen LogP contribution in [-0.2, 0) is 24.4 Å². The zero-order chi connectivity index (χ0) is 31.4. The molecular formula is C29H39N5O7S. The van der Waals surface area contributed by atoms with Gasteiger partial charge in [0.25, 0.3) is 15.9 Å². The van der Waals surface area contributed by atoms with Crippen molar-refractivity contribution in [3.8, 4) is 5.75 Å². The molecule has 2 amide bonds. The first-order valence-corrected chi connectivity index (χ1v) is 15.1. The maximum Gasteiger partial charge on any atom is 0.305 e. The number of sulfonamides is 1. The lowest BCUT2D eigenvalue weighted by Gasteiger charge is -2.35. The Labute approximate surface area is 246 Å². The van der Waals surface area contributed by atoms with Gasteiger partial charge in [0.05, 0.1) is 30.2 Å². The molecule has 0 saturated carbocycles. The van der Waals surface area contributed by atoms with Crippen LogP contribution in [0.4, 0.5) is 5.69 Å². The van der Waals surface area contributed by atoms with Crippen LogP contribution in [0.2, 0.25) is 0 Å². The Morgan fingerprint density at radius 3 is 2.21 bits per heavy atom. The Bertz CT molecular complexity index is 1480. The Kier molecular flexibility index (Phi) is 10.3. The van der Waals surface area contributed by atoms with Crippen LogP contribution in [0.3, 0.4) is 0 Å². The number of hydrogen-bond acceptors (Lipinski definition) is 7. The van der Waals surface area contributed by atoms with Crippen molar-refractivity contribution < 1.29 is 32.6 Å². The number of aliphatic imine (C=N–C) groups is 1. The first-order valence-electron chi connectivity index (χ1n) is 13.6. The summed E-state index contributed by atoms with van der Waals surface area (Å²) >= 11 is 0. The van der Waals surface area contributed by atoms with Gasteiger partial charge in [0, 0.05) is 18.7 Å². The van der Waals surface area contributed by atoms with E-state index in [0.29, 0.717) is 35.5 Å². The molecule has 0 unspecified atom stereocenters.